The zero-order valence-corrected chi connectivity index (χ0v) is 27.2. The lowest BCUT2D eigenvalue weighted by Gasteiger charge is -2.34. The monoisotopic (exact) mass is 639 g/mol. The second kappa shape index (κ2) is 15.1. The van der Waals surface area contributed by atoms with Crippen LogP contribution in [0.1, 0.15) is 42.4 Å². The summed E-state index contributed by atoms with van der Waals surface area (Å²) in [4.78, 5) is 30.3. The maximum atomic E-state index is 14.6. The zero-order valence-electron chi connectivity index (χ0n) is 26.3. The highest BCUT2D eigenvalue weighted by Gasteiger charge is 2.35. The third-order valence-corrected chi connectivity index (χ3v) is 10.2. The van der Waals surface area contributed by atoms with Gasteiger partial charge in [0.1, 0.15) is 18.3 Å². The molecule has 0 radical (unpaired) electrons. The molecule has 8 nitrogen and oxygen atoms in total. The first kappa shape index (κ1) is 32.8. The van der Waals surface area contributed by atoms with Crippen LogP contribution in [0.2, 0.25) is 0 Å². The van der Waals surface area contributed by atoms with Gasteiger partial charge in [-0.3, -0.25) is 13.9 Å². The van der Waals surface area contributed by atoms with E-state index in [0.29, 0.717) is 11.4 Å². The standard InChI is InChI=1S/C37H41N3O5S/c1-28-20-22-32(23-21-28)40(46(43,44)34-18-7-4-8-19-34)27-36(41)39(26-30-14-11-17-33(24-30)45-2)35(25-29-12-5-3-6-13-29)37(42)38-31-15-9-10-16-31/h3-8,11-14,17-24,31,35H,9-10,15-16,25-27H2,1-2H3,(H,38,42)/t35-/m1/s1. The second-order valence-electron chi connectivity index (χ2n) is 11.7. The number of aryl methyl sites for hydroxylation is 1. The number of benzene rings is 4. The molecule has 1 aliphatic rings. The van der Waals surface area contributed by atoms with Crippen LogP contribution >= 0.6 is 0 Å². The van der Waals surface area contributed by atoms with Crippen LogP contribution in [0.5, 0.6) is 5.75 Å². The van der Waals surface area contributed by atoms with Crippen LogP contribution in [0.3, 0.4) is 0 Å². The first-order valence-corrected chi connectivity index (χ1v) is 17.1. The second-order valence-corrected chi connectivity index (χ2v) is 13.6. The largest absolute Gasteiger partial charge is 0.497 e. The highest BCUT2D eigenvalue weighted by molar-refractivity contribution is 7.92. The van der Waals surface area contributed by atoms with E-state index in [-0.39, 0.29) is 29.8 Å². The molecule has 5 rings (SSSR count). The SMILES string of the molecule is COc1cccc(CN(C(=O)CN(c2ccc(C)cc2)S(=O)(=O)c2ccccc2)[C@H](Cc2ccccc2)C(=O)NC2CCCC2)c1. The minimum Gasteiger partial charge on any atom is -0.497 e. The Morgan fingerprint density at radius 3 is 2.13 bits per heavy atom. The predicted molar refractivity (Wildman–Crippen MR) is 180 cm³/mol. The van der Waals surface area contributed by atoms with Gasteiger partial charge in [-0.05, 0) is 67.3 Å². The number of ether oxygens (including phenoxy) is 1. The lowest BCUT2D eigenvalue weighted by atomic mass is 10.0. The average Bonchev–Trinajstić information content (AvgIpc) is 3.59. The third kappa shape index (κ3) is 8.14. The van der Waals surface area contributed by atoms with Gasteiger partial charge in [0.25, 0.3) is 10.0 Å². The van der Waals surface area contributed by atoms with E-state index in [1.165, 1.54) is 17.0 Å². The Kier molecular flexibility index (Phi) is 10.8. The van der Waals surface area contributed by atoms with Crippen LogP contribution in [-0.2, 0) is 32.6 Å². The molecule has 2 amide bonds. The van der Waals surface area contributed by atoms with Crippen LogP contribution in [-0.4, -0.2) is 50.9 Å². The Morgan fingerprint density at radius 2 is 1.48 bits per heavy atom. The van der Waals surface area contributed by atoms with Crippen molar-refractivity contribution in [1.82, 2.24) is 10.2 Å². The number of rotatable bonds is 13. The summed E-state index contributed by atoms with van der Waals surface area (Å²) in [6, 6.07) is 31.2. The zero-order chi connectivity index (χ0) is 32.5. The van der Waals surface area contributed by atoms with E-state index in [0.717, 1.165) is 46.7 Å². The van der Waals surface area contributed by atoms with E-state index in [2.05, 4.69) is 5.32 Å². The van der Waals surface area contributed by atoms with Crippen molar-refractivity contribution in [2.24, 2.45) is 0 Å². The van der Waals surface area contributed by atoms with Gasteiger partial charge in [0.2, 0.25) is 11.8 Å². The Morgan fingerprint density at radius 1 is 0.848 bits per heavy atom. The van der Waals surface area contributed by atoms with Crippen molar-refractivity contribution in [1.29, 1.82) is 0 Å². The summed E-state index contributed by atoms with van der Waals surface area (Å²) in [6.45, 7) is 1.50. The van der Waals surface area contributed by atoms with Gasteiger partial charge in [0.15, 0.2) is 0 Å². The maximum Gasteiger partial charge on any atom is 0.264 e. The Balaban J connectivity index is 1.56. The number of anilines is 1. The molecule has 9 heteroatoms. The Labute approximate surface area is 272 Å². The molecule has 46 heavy (non-hydrogen) atoms. The summed E-state index contributed by atoms with van der Waals surface area (Å²) in [5.41, 5.74) is 2.97. The molecule has 1 atom stereocenters. The molecular weight excluding hydrogens is 598 g/mol. The van der Waals surface area contributed by atoms with Crippen LogP contribution in [0.4, 0.5) is 5.69 Å². The lowest BCUT2D eigenvalue weighted by Crippen LogP contribution is -2.54. The van der Waals surface area contributed by atoms with Crippen LogP contribution in [0.25, 0.3) is 0 Å². The molecule has 1 saturated carbocycles. The van der Waals surface area contributed by atoms with Gasteiger partial charge in [0.05, 0.1) is 17.7 Å². The Bertz CT molecular complexity index is 1710. The van der Waals surface area contributed by atoms with Crippen molar-refractivity contribution in [3.05, 3.63) is 126 Å². The number of nitrogens with one attached hydrogen (secondary N) is 1. The summed E-state index contributed by atoms with van der Waals surface area (Å²) < 4.78 is 34.8. The van der Waals surface area contributed by atoms with Crippen LogP contribution in [0.15, 0.2) is 114 Å². The number of sulfonamides is 1. The van der Waals surface area contributed by atoms with E-state index < -0.39 is 28.5 Å². The summed E-state index contributed by atoms with van der Waals surface area (Å²) in [5, 5.41) is 3.20. The average molecular weight is 640 g/mol. The summed E-state index contributed by atoms with van der Waals surface area (Å²) in [7, 11) is -2.56. The van der Waals surface area contributed by atoms with Gasteiger partial charge in [-0.25, -0.2) is 8.42 Å². The smallest absolute Gasteiger partial charge is 0.264 e. The molecule has 0 heterocycles. The van der Waals surface area contributed by atoms with Gasteiger partial charge in [-0.2, -0.15) is 0 Å². The van der Waals surface area contributed by atoms with Crippen molar-refractivity contribution >= 4 is 27.5 Å². The number of carbonyl (C=O) groups is 2. The normalized spacial score (nSPS) is 14.0. The summed E-state index contributed by atoms with van der Waals surface area (Å²) in [6.07, 6.45) is 4.15. The number of amides is 2. The van der Waals surface area contributed by atoms with E-state index >= 15 is 0 Å². The molecule has 0 saturated heterocycles. The number of carbonyl (C=O) groups excluding carboxylic acids is 2. The highest BCUT2D eigenvalue weighted by Crippen LogP contribution is 2.26. The minimum absolute atomic E-state index is 0.0436. The lowest BCUT2D eigenvalue weighted by molar-refractivity contribution is -0.140. The van der Waals surface area contributed by atoms with Crippen LogP contribution < -0.4 is 14.4 Å². The molecule has 0 bridgehead atoms. The molecule has 1 fully saturated rings. The van der Waals surface area contributed by atoms with Gasteiger partial charge in [0, 0.05) is 19.0 Å². The van der Waals surface area contributed by atoms with E-state index in [1.807, 2.05) is 73.7 Å². The fourth-order valence-electron chi connectivity index (χ4n) is 5.85. The maximum absolute atomic E-state index is 14.6. The van der Waals surface area contributed by atoms with Crippen molar-refractivity contribution in [3.8, 4) is 5.75 Å². The summed E-state index contributed by atoms with van der Waals surface area (Å²) >= 11 is 0. The van der Waals surface area contributed by atoms with Crippen molar-refractivity contribution in [3.63, 3.8) is 0 Å². The minimum atomic E-state index is -4.14. The quantitative estimate of drug-likeness (QED) is 0.197. The number of methoxy groups -OCH3 is 1. The predicted octanol–water partition coefficient (Wildman–Crippen LogP) is 5.90. The highest BCUT2D eigenvalue weighted by atomic mass is 32.2. The molecule has 0 aliphatic heterocycles. The first-order valence-electron chi connectivity index (χ1n) is 15.7. The fraction of sp³-hybridized carbons (Fsp3) is 0.297. The molecule has 4 aromatic rings. The molecule has 1 aliphatic carbocycles. The fourth-order valence-corrected chi connectivity index (χ4v) is 7.28. The topological polar surface area (TPSA) is 96.0 Å². The van der Waals surface area contributed by atoms with E-state index in [1.54, 1.807) is 37.4 Å². The van der Waals surface area contributed by atoms with Gasteiger partial charge >= 0.3 is 0 Å². The van der Waals surface area contributed by atoms with Gasteiger partial charge in [-0.1, -0.05) is 91.2 Å². The molecule has 0 spiro atoms. The molecule has 0 unspecified atom stereocenters. The number of hydrogen-bond acceptors (Lipinski definition) is 5. The van der Waals surface area contributed by atoms with Crippen molar-refractivity contribution in [2.75, 3.05) is 18.0 Å². The van der Waals surface area contributed by atoms with E-state index in [4.69, 9.17) is 4.74 Å². The summed E-state index contributed by atoms with van der Waals surface area (Å²) in [5.74, 6) is -0.127. The Hall–Kier alpha value is -4.63. The van der Waals surface area contributed by atoms with Crippen molar-refractivity contribution < 1.29 is 22.7 Å². The molecule has 1 N–H and O–H groups in total. The third-order valence-electron chi connectivity index (χ3n) is 8.39. The first-order chi connectivity index (χ1) is 22.2. The molecule has 0 aromatic heterocycles. The van der Waals surface area contributed by atoms with E-state index in [9.17, 15) is 18.0 Å². The van der Waals surface area contributed by atoms with Crippen LogP contribution in [0, 0.1) is 6.92 Å². The molecule has 240 valence electrons. The van der Waals surface area contributed by atoms with Crippen molar-refractivity contribution in [2.45, 2.75) is 62.6 Å². The molecule has 4 aromatic carbocycles. The number of hydrogen-bond donors (Lipinski definition) is 1. The number of nitrogens with zero attached hydrogens (tertiary/aromatic N) is 2. The van der Waals surface area contributed by atoms with Gasteiger partial charge < -0.3 is 15.0 Å². The van der Waals surface area contributed by atoms with Gasteiger partial charge in [-0.15, -0.1) is 0 Å². The molecular formula is C37H41N3O5S.